The number of aryl methyl sites for hydroxylation is 1. The van der Waals surface area contributed by atoms with E-state index < -0.39 is 26.2 Å². The van der Waals surface area contributed by atoms with Gasteiger partial charge in [0.1, 0.15) is 47.1 Å². The standard InChI is InChI=1S/C10H19B6FO3S/c1-6-2-4-7(5-3-6)21(18,19)20-10(15,16)8(11,12)9(13,14)17/h2-5H,11-16H2,1H3. The zero-order valence-electron chi connectivity index (χ0n) is 13.8. The number of alkyl halides is 1. The topological polar surface area (TPSA) is 43.4 Å². The van der Waals surface area contributed by atoms with Crippen molar-refractivity contribution in [3.8, 4) is 0 Å². The highest BCUT2D eigenvalue weighted by Crippen LogP contribution is 2.42. The van der Waals surface area contributed by atoms with Gasteiger partial charge in [-0.15, -0.1) is 0 Å². The minimum atomic E-state index is -3.94. The Morgan fingerprint density at radius 3 is 1.81 bits per heavy atom. The fourth-order valence-corrected chi connectivity index (χ4v) is 3.17. The first-order valence-electron chi connectivity index (χ1n) is 6.92. The molecule has 11 heteroatoms. The zero-order valence-corrected chi connectivity index (χ0v) is 14.6. The summed E-state index contributed by atoms with van der Waals surface area (Å²) in [6.07, 6.45) is 0. The molecule has 108 valence electrons. The van der Waals surface area contributed by atoms with E-state index in [1.165, 1.54) is 27.8 Å². The highest BCUT2D eigenvalue weighted by molar-refractivity contribution is 7.86. The van der Waals surface area contributed by atoms with E-state index in [1.54, 1.807) is 43.5 Å². The maximum Gasteiger partial charge on any atom is 0.296 e. The Labute approximate surface area is 132 Å². The van der Waals surface area contributed by atoms with Crippen LogP contribution in [-0.4, -0.2) is 66.4 Å². The Hall–Kier alpha value is -0.550. The first-order valence-corrected chi connectivity index (χ1v) is 8.33. The van der Waals surface area contributed by atoms with E-state index in [4.69, 9.17) is 4.18 Å². The zero-order chi connectivity index (χ0) is 16.7. The number of hydrogen-bond donors (Lipinski definition) is 0. The molecule has 0 spiro atoms. The second kappa shape index (κ2) is 5.58. The molecule has 0 aliphatic rings. The summed E-state index contributed by atoms with van der Waals surface area (Å²) in [7, 11) is 5.43. The molecule has 0 fully saturated rings. The van der Waals surface area contributed by atoms with Crippen LogP contribution in [0.5, 0.6) is 0 Å². The molecule has 0 aliphatic carbocycles. The van der Waals surface area contributed by atoms with Crippen molar-refractivity contribution in [3.05, 3.63) is 29.8 Å². The second-order valence-corrected chi connectivity index (χ2v) is 8.50. The fraction of sp³-hybridized carbons (Fsp3) is 0.400. The van der Waals surface area contributed by atoms with E-state index in [0.29, 0.717) is 0 Å². The van der Waals surface area contributed by atoms with Crippen molar-refractivity contribution in [1.29, 1.82) is 0 Å². The summed E-state index contributed by atoms with van der Waals surface area (Å²) in [6, 6.07) is 6.39. The van der Waals surface area contributed by atoms with Crippen LogP contribution in [0.3, 0.4) is 0 Å². The van der Waals surface area contributed by atoms with E-state index in [-0.39, 0.29) is 4.90 Å². The Kier molecular flexibility index (Phi) is 4.91. The summed E-state index contributed by atoms with van der Waals surface area (Å²) in [4.78, 5) is 0.0774. The van der Waals surface area contributed by atoms with Crippen LogP contribution in [0.25, 0.3) is 0 Å². The Morgan fingerprint density at radius 1 is 1.00 bits per heavy atom. The maximum absolute atomic E-state index is 14.4. The van der Waals surface area contributed by atoms with Crippen molar-refractivity contribution in [2.24, 2.45) is 0 Å². The van der Waals surface area contributed by atoms with Crippen LogP contribution in [0.4, 0.5) is 4.39 Å². The van der Waals surface area contributed by atoms with Gasteiger partial charge in [-0.25, -0.2) is 0 Å². The summed E-state index contributed by atoms with van der Waals surface area (Å²) in [5, 5.41) is -2.20. The van der Waals surface area contributed by atoms with Crippen LogP contribution in [-0.2, 0) is 14.3 Å². The fourth-order valence-electron chi connectivity index (χ4n) is 1.85. The molecule has 0 saturated carbocycles. The van der Waals surface area contributed by atoms with Crippen molar-refractivity contribution < 1.29 is 17.0 Å². The highest BCUT2D eigenvalue weighted by Gasteiger charge is 2.50. The average Bonchev–Trinajstić information content (AvgIpc) is 2.26. The van der Waals surface area contributed by atoms with Crippen LogP contribution in [0.1, 0.15) is 5.56 Å². The molecule has 0 unspecified atom stereocenters. The normalized spacial score (nSPS) is 14.0. The largest absolute Gasteiger partial charge is 0.296 e. The van der Waals surface area contributed by atoms with Crippen LogP contribution < -0.4 is 0 Å². The van der Waals surface area contributed by atoms with E-state index in [9.17, 15) is 12.8 Å². The molecular weight excluding hydrogens is 284 g/mol. The third kappa shape index (κ3) is 3.81. The minimum absolute atomic E-state index is 0.0774. The molecule has 1 rings (SSSR count). The molecule has 0 saturated heterocycles. The van der Waals surface area contributed by atoms with Gasteiger partial charge in [0, 0.05) is 10.9 Å². The lowest BCUT2D eigenvalue weighted by atomic mass is 9.25. The highest BCUT2D eigenvalue weighted by atomic mass is 32.2. The quantitative estimate of drug-likeness (QED) is 0.410. The van der Waals surface area contributed by atoms with Gasteiger partial charge in [-0.2, -0.15) is 8.42 Å². The molecule has 21 heavy (non-hydrogen) atoms. The first-order chi connectivity index (χ1) is 9.21. The van der Waals surface area contributed by atoms with E-state index >= 15 is 0 Å². The molecule has 1 aromatic rings. The third-order valence-electron chi connectivity index (χ3n) is 4.62. The van der Waals surface area contributed by atoms with Gasteiger partial charge in [-0.05, 0) is 19.1 Å². The number of halogens is 1. The predicted molar refractivity (Wildman–Crippen MR) is 100.0 cm³/mol. The second-order valence-electron chi connectivity index (χ2n) is 6.96. The first kappa shape index (κ1) is 18.5. The lowest BCUT2D eigenvalue weighted by Gasteiger charge is -2.48. The SMILES string of the molecule is BC(B)(F)C(B)(B)C(B)(B)OS(=O)(=O)c1ccc(C)cc1. The lowest BCUT2D eigenvalue weighted by Crippen LogP contribution is -2.59. The molecule has 0 aromatic heterocycles. The molecule has 3 nitrogen and oxygen atoms in total. The van der Waals surface area contributed by atoms with Crippen LogP contribution >= 0.6 is 0 Å². The van der Waals surface area contributed by atoms with Crippen molar-refractivity contribution in [1.82, 2.24) is 0 Å². The summed E-state index contributed by atoms with van der Waals surface area (Å²) >= 11 is 0. The van der Waals surface area contributed by atoms with Crippen LogP contribution in [0.15, 0.2) is 29.2 Å². The third-order valence-corrected chi connectivity index (χ3v) is 6.10. The van der Waals surface area contributed by atoms with E-state index in [1.807, 2.05) is 6.92 Å². The van der Waals surface area contributed by atoms with Gasteiger partial charge in [0.15, 0.2) is 0 Å². The maximum atomic E-state index is 14.4. The molecule has 0 N–H and O–H groups in total. The predicted octanol–water partition coefficient (Wildman–Crippen LogP) is -4.11. The summed E-state index contributed by atoms with van der Waals surface area (Å²) in [5.74, 6) is 0. The van der Waals surface area contributed by atoms with E-state index in [0.717, 1.165) is 5.56 Å². The Balaban J connectivity index is 3.16. The molecular formula is C10H19B6FO3S. The van der Waals surface area contributed by atoms with Crippen LogP contribution in [0.2, 0.25) is 5.21 Å². The summed E-state index contributed by atoms with van der Waals surface area (Å²) < 4.78 is 44.6. The van der Waals surface area contributed by atoms with Crippen molar-refractivity contribution in [3.63, 3.8) is 0 Å². The molecule has 0 radical (unpaired) electrons. The van der Waals surface area contributed by atoms with Crippen LogP contribution in [0, 0.1) is 6.92 Å². The van der Waals surface area contributed by atoms with Crippen molar-refractivity contribution in [2.75, 3.05) is 0 Å². The molecule has 0 heterocycles. The molecule has 0 amide bonds. The monoisotopic (exact) mass is 304 g/mol. The number of benzene rings is 1. The Morgan fingerprint density at radius 2 is 1.43 bits per heavy atom. The molecule has 1 aromatic carbocycles. The Bertz CT molecular complexity index is 609. The molecule has 0 bridgehead atoms. The van der Waals surface area contributed by atoms with Gasteiger partial charge in [0.25, 0.3) is 10.1 Å². The van der Waals surface area contributed by atoms with Gasteiger partial charge < -0.3 is 0 Å². The van der Waals surface area contributed by atoms with Gasteiger partial charge >= 0.3 is 0 Å². The lowest BCUT2D eigenvalue weighted by molar-refractivity contribution is 0.178. The number of rotatable bonds is 5. The van der Waals surface area contributed by atoms with Gasteiger partial charge in [0.05, 0.1) is 4.90 Å². The van der Waals surface area contributed by atoms with E-state index in [2.05, 4.69) is 0 Å². The van der Waals surface area contributed by atoms with Gasteiger partial charge in [0.2, 0.25) is 0 Å². The summed E-state index contributed by atoms with van der Waals surface area (Å²) in [6.45, 7) is 1.87. The minimum Gasteiger partial charge on any atom is -0.279 e. The van der Waals surface area contributed by atoms with Gasteiger partial charge in [-0.3, -0.25) is 8.57 Å². The van der Waals surface area contributed by atoms with Crippen molar-refractivity contribution >= 4 is 57.2 Å². The average molecular weight is 303 g/mol. The number of hydrogen-bond acceptors (Lipinski definition) is 3. The van der Waals surface area contributed by atoms with Crippen molar-refractivity contribution in [2.45, 2.75) is 27.9 Å². The molecule has 0 aliphatic heterocycles. The van der Waals surface area contributed by atoms with Gasteiger partial charge in [-0.1, -0.05) is 22.9 Å². The summed E-state index contributed by atoms with van der Waals surface area (Å²) in [5.41, 5.74) is -0.641. The smallest absolute Gasteiger partial charge is 0.279 e. The molecule has 0 atom stereocenters.